The summed E-state index contributed by atoms with van der Waals surface area (Å²) < 4.78 is 5.80. The molecule has 0 unspecified atom stereocenters. The van der Waals surface area contributed by atoms with Crippen LogP contribution in [0.15, 0.2) is 51.7 Å². The van der Waals surface area contributed by atoms with Crippen molar-refractivity contribution in [1.82, 2.24) is 4.90 Å². The first kappa shape index (κ1) is 19.4. The standard InChI is InChI=1S/C24H25NO4/c1-15-6-4-5-7-19(15)24(28)8-10-25(11-9-24)23(27)22-14-20(26)18-12-16(2)17(3)13-21(18)29-22/h4-7,12-14,28H,8-11H2,1-3H3. The van der Waals surface area contributed by atoms with Gasteiger partial charge in [-0.1, -0.05) is 24.3 Å². The van der Waals surface area contributed by atoms with Gasteiger partial charge in [-0.05, 0) is 68.0 Å². The van der Waals surface area contributed by atoms with Crippen molar-refractivity contribution < 1.29 is 14.3 Å². The molecule has 0 saturated carbocycles. The average Bonchev–Trinajstić information content (AvgIpc) is 2.70. The third-order valence-corrected chi connectivity index (χ3v) is 6.08. The highest BCUT2D eigenvalue weighted by atomic mass is 16.3. The zero-order chi connectivity index (χ0) is 20.8. The Balaban J connectivity index is 1.58. The van der Waals surface area contributed by atoms with Crippen molar-refractivity contribution in [1.29, 1.82) is 0 Å². The first-order valence-corrected chi connectivity index (χ1v) is 9.91. The van der Waals surface area contributed by atoms with Crippen LogP contribution >= 0.6 is 0 Å². The highest BCUT2D eigenvalue weighted by molar-refractivity contribution is 5.93. The normalized spacial score (nSPS) is 16.2. The number of amides is 1. The molecule has 0 atom stereocenters. The van der Waals surface area contributed by atoms with Crippen LogP contribution in [0.1, 0.15) is 45.7 Å². The monoisotopic (exact) mass is 391 g/mol. The summed E-state index contributed by atoms with van der Waals surface area (Å²) in [6, 6.07) is 12.7. The maximum Gasteiger partial charge on any atom is 0.289 e. The number of carbonyl (C=O) groups excluding carboxylic acids is 1. The van der Waals surface area contributed by atoms with Crippen molar-refractivity contribution in [3.05, 3.63) is 80.7 Å². The van der Waals surface area contributed by atoms with E-state index < -0.39 is 5.60 Å². The highest BCUT2D eigenvalue weighted by Gasteiger charge is 2.37. The van der Waals surface area contributed by atoms with E-state index in [9.17, 15) is 14.7 Å². The van der Waals surface area contributed by atoms with Gasteiger partial charge < -0.3 is 14.4 Å². The van der Waals surface area contributed by atoms with Gasteiger partial charge in [-0.15, -0.1) is 0 Å². The summed E-state index contributed by atoms with van der Waals surface area (Å²) in [5.74, 6) is -0.263. The van der Waals surface area contributed by atoms with Gasteiger partial charge in [-0.2, -0.15) is 0 Å². The maximum atomic E-state index is 13.0. The molecule has 1 fully saturated rings. The molecule has 0 radical (unpaired) electrons. The molecule has 4 rings (SSSR count). The summed E-state index contributed by atoms with van der Waals surface area (Å²) >= 11 is 0. The number of hydrogen-bond acceptors (Lipinski definition) is 4. The predicted octanol–water partition coefficient (Wildman–Crippen LogP) is 3.84. The summed E-state index contributed by atoms with van der Waals surface area (Å²) in [7, 11) is 0. The van der Waals surface area contributed by atoms with Crippen LogP contribution in [-0.2, 0) is 5.60 Å². The van der Waals surface area contributed by atoms with Crippen LogP contribution in [-0.4, -0.2) is 29.0 Å². The topological polar surface area (TPSA) is 70.8 Å². The first-order valence-electron chi connectivity index (χ1n) is 9.91. The number of piperidine rings is 1. The van der Waals surface area contributed by atoms with Gasteiger partial charge in [0.05, 0.1) is 11.0 Å². The quantitative estimate of drug-likeness (QED) is 0.720. The van der Waals surface area contributed by atoms with Gasteiger partial charge in [0.15, 0.2) is 11.2 Å². The second-order valence-corrected chi connectivity index (χ2v) is 8.05. The number of rotatable bonds is 2. The van der Waals surface area contributed by atoms with E-state index in [1.165, 1.54) is 6.07 Å². The fourth-order valence-electron chi connectivity index (χ4n) is 4.12. The Labute approximate surface area is 169 Å². The lowest BCUT2D eigenvalue weighted by atomic mass is 9.82. The van der Waals surface area contributed by atoms with Gasteiger partial charge in [0, 0.05) is 19.2 Å². The number of likely N-dealkylation sites (tertiary alicyclic amines) is 1. The molecule has 0 spiro atoms. The molecule has 0 bridgehead atoms. The minimum atomic E-state index is -0.943. The molecule has 150 valence electrons. The SMILES string of the molecule is Cc1cc2oc(C(=O)N3CCC(O)(c4ccccc4C)CC3)cc(=O)c2cc1C. The summed E-state index contributed by atoms with van der Waals surface area (Å²) in [5, 5.41) is 11.6. The molecule has 1 aliphatic heterocycles. The molecule has 2 aromatic carbocycles. The van der Waals surface area contributed by atoms with E-state index in [2.05, 4.69) is 0 Å². The van der Waals surface area contributed by atoms with Crippen LogP contribution in [0.4, 0.5) is 0 Å². The van der Waals surface area contributed by atoms with Crippen LogP contribution in [0.2, 0.25) is 0 Å². The minimum Gasteiger partial charge on any atom is -0.451 e. The number of hydrogen-bond donors (Lipinski definition) is 1. The van der Waals surface area contributed by atoms with Crippen LogP contribution in [0, 0.1) is 20.8 Å². The molecule has 5 heteroatoms. The number of benzene rings is 2. The van der Waals surface area contributed by atoms with Gasteiger partial charge in [-0.25, -0.2) is 0 Å². The van der Waals surface area contributed by atoms with Gasteiger partial charge in [0.25, 0.3) is 5.91 Å². The molecule has 1 saturated heterocycles. The molecule has 5 nitrogen and oxygen atoms in total. The lowest BCUT2D eigenvalue weighted by Gasteiger charge is -2.39. The lowest BCUT2D eigenvalue weighted by molar-refractivity contribution is -0.0222. The van der Waals surface area contributed by atoms with E-state index in [0.717, 1.165) is 22.3 Å². The van der Waals surface area contributed by atoms with Gasteiger partial charge in [0.2, 0.25) is 0 Å². The zero-order valence-corrected chi connectivity index (χ0v) is 17.0. The van der Waals surface area contributed by atoms with Crippen LogP contribution in [0.3, 0.4) is 0 Å². The van der Waals surface area contributed by atoms with E-state index in [-0.39, 0.29) is 17.1 Å². The second kappa shape index (κ2) is 7.16. The molecular formula is C24H25NO4. The number of aryl methyl sites for hydroxylation is 3. The maximum absolute atomic E-state index is 13.0. The Kier molecular flexibility index (Phi) is 4.79. The molecule has 1 N–H and O–H groups in total. The predicted molar refractivity (Wildman–Crippen MR) is 112 cm³/mol. The van der Waals surface area contributed by atoms with Gasteiger partial charge in [-0.3, -0.25) is 9.59 Å². The Morgan fingerprint density at radius 1 is 1.00 bits per heavy atom. The average molecular weight is 391 g/mol. The Hall–Kier alpha value is -2.92. The van der Waals surface area contributed by atoms with E-state index in [0.29, 0.717) is 36.9 Å². The third kappa shape index (κ3) is 3.47. The number of carbonyl (C=O) groups is 1. The van der Waals surface area contributed by atoms with Gasteiger partial charge in [0.1, 0.15) is 5.58 Å². The summed E-state index contributed by atoms with van der Waals surface area (Å²) in [5.41, 5.74) is 3.24. The van der Waals surface area contributed by atoms with Crippen LogP contribution in [0.25, 0.3) is 11.0 Å². The fourth-order valence-corrected chi connectivity index (χ4v) is 4.12. The van der Waals surface area contributed by atoms with Crippen molar-refractivity contribution in [2.24, 2.45) is 0 Å². The molecule has 2 heterocycles. The van der Waals surface area contributed by atoms with E-state index in [1.807, 2.05) is 45.0 Å². The van der Waals surface area contributed by atoms with Crippen LogP contribution in [0.5, 0.6) is 0 Å². The largest absolute Gasteiger partial charge is 0.451 e. The molecule has 1 amide bonds. The summed E-state index contributed by atoms with van der Waals surface area (Å²) in [4.78, 5) is 27.1. The highest BCUT2D eigenvalue weighted by Crippen LogP contribution is 2.35. The number of nitrogens with zero attached hydrogens (tertiary/aromatic N) is 1. The lowest BCUT2D eigenvalue weighted by Crippen LogP contribution is -2.45. The number of fused-ring (bicyclic) bond motifs is 1. The van der Waals surface area contributed by atoms with Crippen molar-refractivity contribution >= 4 is 16.9 Å². The molecule has 29 heavy (non-hydrogen) atoms. The first-order chi connectivity index (χ1) is 13.8. The molecular weight excluding hydrogens is 366 g/mol. The summed E-state index contributed by atoms with van der Waals surface area (Å²) in [6.07, 6.45) is 0.888. The third-order valence-electron chi connectivity index (χ3n) is 6.08. The van der Waals surface area contributed by atoms with E-state index in [1.54, 1.807) is 17.0 Å². The zero-order valence-electron chi connectivity index (χ0n) is 17.0. The molecule has 1 aromatic heterocycles. The Morgan fingerprint density at radius 3 is 2.34 bits per heavy atom. The molecule has 1 aliphatic rings. The van der Waals surface area contributed by atoms with Crippen molar-refractivity contribution in [3.8, 4) is 0 Å². The van der Waals surface area contributed by atoms with Gasteiger partial charge >= 0.3 is 0 Å². The number of aliphatic hydroxyl groups is 1. The Morgan fingerprint density at radius 2 is 1.66 bits per heavy atom. The van der Waals surface area contributed by atoms with Crippen LogP contribution < -0.4 is 5.43 Å². The minimum absolute atomic E-state index is 0.0482. The molecule has 3 aromatic rings. The Bertz CT molecular complexity index is 1150. The fraction of sp³-hybridized carbons (Fsp3) is 0.333. The van der Waals surface area contributed by atoms with Crippen molar-refractivity contribution in [2.75, 3.05) is 13.1 Å². The summed E-state index contributed by atoms with van der Waals surface area (Å²) in [6.45, 7) is 6.67. The van der Waals surface area contributed by atoms with E-state index in [4.69, 9.17) is 4.42 Å². The van der Waals surface area contributed by atoms with Crippen molar-refractivity contribution in [2.45, 2.75) is 39.2 Å². The molecule has 0 aliphatic carbocycles. The van der Waals surface area contributed by atoms with Crippen molar-refractivity contribution in [3.63, 3.8) is 0 Å². The van der Waals surface area contributed by atoms with E-state index >= 15 is 0 Å². The smallest absolute Gasteiger partial charge is 0.289 e. The second-order valence-electron chi connectivity index (χ2n) is 8.05.